The molecule has 0 aliphatic heterocycles. The molecule has 0 amide bonds. The molecule has 1 heterocycles. The summed E-state index contributed by atoms with van der Waals surface area (Å²) in [6, 6.07) is 6.16. The Bertz CT molecular complexity index is 351. The molecule has 3 nitrogen and oxygen atoms in total. The molecule has 1 aromatic rings. The summed E-state index contributed by atoms with van der Waals surface area (Å²) in [7, 11) is 0. The van der Waals surface area contributed by atoms with E-state index >= 15 is 0 Å². The summed E-state index contributed by atoms with van der Waals surface area (Å²) in [5.74, 6) is 0. The zero-order valence-corrected chi connectivity index (χ0v) is 10.5. The average molecular weight is 268 g/mol. The van der Waals surface area contributed by atoms with E-state index in [0.717, 1.165) is 10.2 Å². The fourth-order valence-corrected chi connectivity index (χ4v) is 1.29. The van der Waals surface area contributed by atoms with Crippen LogP contribution < -0.4 is 5.32 Å². The van der Waals surface area contributed by atoms with Crippen molar-refractivity contribution in [1.29, 1.82) is 5.26 Å². The maximum atomic E-state index is 8.82. The molecule has 1 N–H and O–H groups in total. The van der Waals surface area contributed by atoms with Crippen molar-refractivity contribution in [3.05, 3.63) is 28.5 Å². The van der Waals surface area contributed by atoms with E-state index in [1.54, 1.807) is 6.20 Å². The van der Waals surface area contributed by atoms with E-state index in [-0.39, 0.29) is 5.41 Å². The molecule has 0 bridgehead atoms. The van der Waals surface area contributed by atoms with Gasteiger partial charge in [0.1, 0.15) is 0 Å². The molecular formula is C11H14BrN3. The molecule has 1 aromatic heterocycles. The molecule has 0 spiro atoms. The summed E-state index contributed by atoms with van der Waals surface area (Å²) < 4.78 is 0.976. The van der Waals surface area contributed by atoms with Crippen LogP contribution in [0.15, 0.2) is 22.8 Å². The number of hydrogen-bond donors (Lipinski definition) is 1. The maximum Gasteiger partial charge on any atom is 0.0697 e. The van der Waals surface area contributed by atoms with Crippen LogP contribution in [-0.2, 0) is 6.54 Å². The normalized spacial score (nSPS) is 11.1. The van der Waals surface area contributed by atoms with Gasteiger partial charge in [0.2, 0.25) is 0 Å². The van der Waals surface area contributed by atoms with E-state index in [1.165, 1.54) is 0 Å². The standard InChI is InChI=1S/C11H14BrN3/c1-11(2,7-13)8-14-6-10-4-3-9(12)5-15-10/h3-5,14H,6,8H2,1-2H3. The highest BCUT2D eigenvalue weighted by Crippen LogP contribution is 2.11. The van der Waals surface area contributed by atoms with Crippen molar-refractivity contribution >= 4 is 15.9 Å². The first-order valence-electron chi connectivity index (χ1n) is 4.76. The molecule has 4 heteroatoms. The Balaban J connectivity index is 2.39. The zero-order valence-electron chi connectivity index (χ0n) is 8.92. The summed E-state index contributed by atoms with van der Waals surface area (Å²) in [5, 5.41) is 12.0. The van der Waals surface area contributed by atoms with Gasteiger partial charge >= 0.3 is 0 Å². The Labute approximate surface area is 98.7 Å². The molecule has 1 rings (SSSR count). The molecule has 0 aliphatic rings. The van der Waals surface area contributed by atoms with Gasteiger partial charge in [0.05, 0.1) is 17.2 Å². The largest absolute Gasteiger partial charge is 0.310 e. The van der Waals surface area contributed by atoms with Crippen LogP contribution in [0.4, 0.5) is 0 Å². The van der Waals surface area contributed by atoms with Gasteiger partial charge in [0.25, 0.3) is 0 Å². The topological polar surface area (TPSA) is 48.7 Å². The van der Waals surface area contributed by atoms with Crippen molar-refractivity contribution in [2.75, 3.05) is 6.54 Å². The molecule has 0 aromatic carbocycles. The SMILES string of the molecule is CC(C)(C#N)CNCc1ccc(Br)cn1. The van der Waals surface area contributed by atoms with Gasteiger partial charge in [-0.05, 0) is 41.9 Å². The molecule has 15 heavy (non-hydrogen) atoms. The monoisotopic (exact) mass is 267 g/mol. The quantitative estimate of drug-likeness (QED) is 0.912. The van der Waals surface area contributed by atoms with Gasteiger partial charge in [0.15, 0.2) is 0 Å². The number of nitrogens with zero attached hydrogens (tertiary/aromatic N) is 2. The van der Waals surface area contributed by atoms with Crippen LogP contribution in [0.2, 0.25) is 0 Å². The Morgan fingerprint density at radius 3 is 2.80 bits per heavy atom. The van der Waals surface area contributed by atoms with Crippen LogP contribution in [0.5, 0.6) is 0 Å². The number of halogens is 1. The second-order valence-corrected chi connectivity index (χ2v) is 4.98. The van der Waals surface area contributed by atoms with Gasteiger partial charge in [-0.15, -0.1) is 0 Å². The van der Waals surface area contributed by atoms with Gasteiger partial charge in [0, 0.05) is 23.8 Å². The van der Waals surface area contributed by atoms with Crippen LogP contribution in [0.25, 0.3) is 0 Å². The molecule has 0 fully saturated rings. The molecule has 0 saturated heterocycles. The van der Waals surface area contributed by atoms with Crippen molar-refractivity contribution < 1.29 is 0 Å². The number of nitriles is 1. The van der Waals surface area contributed by atoms with Crippen LogP contribution in [0, 0.1) is 16.7 Å². The Morgan fingerprint density at radius 1 is 1.53 bits per heavy atom. The van der Waals surface area contributed by atoms with E-state index in [9.17, 15) is 0 Å². The third-order valence-corrected chi connectivity index (χ3v) is 2.43. The molecule has 80 valence electrons. The van der Waals surface area contributed by atoms with E-state index in [4.69, 9.17) is 5.26 Å². The second kappa shape index (κ2) is 5.24. The first-order valence-corrected chi connectivity index (χ1v) is 5.55. The minimum atomic E-state index is -0.324. The number of pyridine rings is 1. The summed E-state index contributed by atoms with van der Waals surface area (Å²) in [6.45, 7) is 5.18. The van der Waals surface area contributed by atoms with E-state index in [0.29, 0.717) is 13.1 Å². The Morgan fingerprint density at radius 2 is 2.27 bits per heavy atom. The van der Waals surface area contributed by atoms with Gasteiger partial charge in [-0.1, -0.05) is 0 Å². The summed E-state index contributed by atoms with van der Waals surface area (Å²) in [4.78, 5) is 4.23. The van der Waals surface area contributed by atoms with Gasteiger partial charge < -0.3 is 5.32 Å². The predicted molar refractivity (Wildman–Crippen MR) is 63.0 cm³/mol. The Kier molecular flexibility index (Phi) is 4.25. The van der Waals surface area contributed by atoms with Crippen LogP contribution in [0.3, 0.4) is 0 Å². The van der Waals surface area contributed by atoms with E-state index in [1.807, 2.05) is 26.0 Å². The van der Waals surface area contributed by atoms with Crippen LogP contribution in [-0.4, -0.2) is 11.5 Å². The maximum absolute atomic E-state index is 8.82. The number of aromatic nitrogens is 1. The molecule has 0 saturated carbocycles. The molecular weight excluding hydrogens is 254 g/mol. The lowest BCUT2D eigenvalue weighted by atomic mass is 9.96. The number of nitrogens with one attached hydrogen (secondary N) is 1. The van der Waals surface area contributed by atoms with Crippen molar-refractivity contribution in [2.24, 2.45) is 5.41 Å². The summed E-state index contributed by atoms with van der Waals surface area (Å²) >= 11 is 3.33. The fourth-order valence-electron chi connectivity index (χ4n) is 1.05. The predicted octanol–water partition coefficient (Wildman–Crippen LogP) is 2.48. The number of hydrogen-bond acceptors (Lipinski definition) is 3. The molecule has 0 atom stereocenters. The van der Waals surface area contributed by atoms with Crippen molar-refractivity contribution in [3.63, 3.8) is 0 Å². The first-order chi connectivity index (χ1) is 7.03. The highest BCUT2D eigenvalue weighted by atomic mass is 79.9. The second-order valence-electron chi connectivity index (χ2n) is 4.07. The molecule has 0 unspecified atom stereocenters. The fraction of sp³-hybridized carbons (Fsp3) is 0.455. The molecule has 0 radical (unpaired) electrons. The van der Waals surface area contributed by atoms with Crippen molar-refractivity contribution in [2.45, 2.75) is 20.4 Å². The van der Waals surface area contributed by atoms with Gasteiger partial charge in [-0.2, -0.15) is 5.26 Å². The van der Waals surface area contributed by atoms with Gasteiger partial charge in [-0.25, -0.2) is 0 Å². The molecule has 0 aliphatic carbocycles. The summed E-state index contributed by atoms with van der Waals surface area (Å²) in [6.07, 6.45) is 1.77. The third kappa shape index (κ3) is 4.41. The third-order valence-electron chi connectivity index (χ3n) is 1.96. The van der Waals surface area contributed by atoms with Crippen molar-refractivity contribution in [1.82, 2.24) is 10.3 Å². The van der Waals surface area contributed by atoms with Gasteiger partial charge in [-0.3, -0.25) is 4.98 Å². The Hall–Kier alpha value is -0.920. The average Bonchev–Trinajstić information content (AvgIpc) is 2.21. The highest BCUT2D eigenvalue weighted by molar-refractivity contribution is 9.10. The highest BCUT2D eigenvalue weighted by Gasteiger charge is 2.15. The van der Waals surface area contributed by atoms with Crippen LogP contribution >= 0.6 is 15.9 Å². The lowest BCUT2D eigenvalue weighted by Gasteiger charge is -2.15. The van der Waals surface area contributed by atoms with Crippen LogP contribution in [0.1, 0.15) is 19.5 Å². The summed E-state index contributed by atoms with van der Waals surface area (Å²) in [5.41, 5.74) is 0.655. The van der Waals surface area contributed by atoms with Crippen molar-refractivity contribution in [3.8, 4) is 6.07 Å². The van der Waals surface area contributed by atoms with E-state index < -0.39 is 0 Å². The smallest absolute Gasteiger partial charge is 0.0697 e. The lowest BCUT2D eigenvalue weighted by molar-refractivity contribution is 0.443. The minimum absolute atomic E-state index is 0.324. The lowest BCUT2D eigenvalue weighted by Crippen LogP contribution is -2.27. The minimum Gasteiger partial charge on any atom is -0.310 e. The zero-order chi connectivity index (χ0) is 11.3. The number of rotatable bonds is 4. The first kappa shape index (κ1) is 12.2. The van der Waals surface area contributed by atoms with E-state index in [2.05, 4.69) is 32.3 Å².